The van der Waals surface area contributed by atoms with Gasteiger partial charge in [-0.25, -0.2) is 4.79 Å². The quantitative estimate of drug-likeness (QED) is 0.628. The Bertz CT molecular complexity index is 676. The van der Waals surface area contributed by atoms with Gasteiger partial charge in [0.25, 0.3) is 0 Å². The molecule has 0 aromatic heterocycles. The van der Waals surface area contributed by atoms with Crippen LogP contribution in [-0.2, 0) is 4.74 Å². The SMILES string of the molecule is CCOC(=O)c1cc(N)cc(Cl)c1Oc1cccc(Br)c1. The van der Waals surface area contributed by atoms with E-state index in [1.165, 1.54) is 12.1 Å². The number of hydrogen-bond acceptors (Lipinski definition) is 4. The predicted molar refractivity (Wildman–Crippen MR) is 86.0 cm³/mol. The average Bonchev–Trinajstić information content (AvgIpc) is 2.42. The second-order valence-electron chi connectivity index (χ2n) is 4.16. The molecule has 0 saturated carbocycles. The van der Waals surface area contributed by atoms with Crippen molar-refractivity contribution in [3.8, 4) is 11.5 Å². The van der Waals surface area contributed by atoms with E-state index in [1.54, 1.807) is 19.1 Å². The first-order chi connectivity index (χ1) is 10.0. The fraction of sp³-hybridized carbons (Fsp3) is 0.133. The fourth-order valence-electron chi connectivity index (χ4n) is 1.73. The number of esters is 1. The smallest absolute Gasteiger partial charge is 0.342 e. The molecule has 0 atom stereocenters. The van der Waals surface area contributed by atoms with E-state index in [-0.39, 0.29) is 22.9 Å². The molecular weight excluding hydrogens is 358 g/mol. The summed E-state index contributed by atoms with van der Waals surface area (Å²) in [5.74, 6) is 0.237. The number of nitrogen functional groups attached to an aromatic ring is 1. The van der Waals surface area contributed by atoms with Gasteiger partial charge < -0.3 is 15.2 Å². The van der Waals surface area contributed by atoms with Gasteiger partial charge in [-0.15, -0.1) is 0 Å². The van der Waals surface area contributed by atoms with Gasteiger partial charge in [0.05, 0.1) is 11.6 Å². The summed E-state index contributed by atoms with van der Waals surface area (Å²) in [5.41, 5.74) is 6.29. The first-order valence-electron chi connectivity index (χ1n) is 6.20. The van der Waals surface area contributed by atoms with E-state index < -0.39 is 5.97 Å². The fourth-order valence-corrected chi connectivity index (χ4v) is 2.37. The summed E-state index contributed by atoms with van der Waals surface area (Å²) < 4.78 is 11.6. The molecule has 4 nitrogen and oxygen atoms in total. The molecule has 2 aromatic carbocycles. The summed E-state index contributed by atoms with van der Waals surface area (Å²) in [5, 5.41) is 0.248. The van der Waals surface area contributed by atoms with Crippen LogP contribution in [-0.4, -0.2) is 12.6 Å². The van der Waals surface area contributed by atoms with E-state index in [2.05, 4.69) is 15.9 Å². The monoisotopic (exact) mass is 369 g/mol. The van der Waals surface area contributed by atoms with Crippen LogP contribution in [0.25, 0.3) is 0 Å². The van der Waals surface area contributed by atoms with Crippen molar-refractivity contribution in [3.05, 3.63) is 51.5 Å². The summed E-state index contributed by atoms with van der Waals surface area (Å²) in [6.07, 6.45) is 0. The first-order valence-corrected chi connectivity index (χ1v) is 7.38. The van der Waals surface area contributed by atoms with Crippen LogP contribution in [0.15, 0.2) is 40.9 Å². The maximum absolute atomic E-state index is 12.0. The van der Waals surface area contributed by atoms with Crippen molar-refractivity contribution in [1.29, 1.82) is 0 Å². The highest BCUT2D eigenvalue weighted by molar-refractivity contribution is 9.10. The van der Waals surface area contributed by atoms with Gasteiger partial charge in [0.1, 0.15) is 11.3 Å². The molecule has 2 N–H and O–H groups in total. The summed E-state index contributed by atoms with van der Waals surface area (Å²) in [6.45, 7) is 1.97. The highest BCUT2D eigenvalue weighted by Crippen LogP contribution is 2.36. The lowest BCUT2D eigenvalue weighted by atomic mass is 10.1. The molecule has 0 heterocycles. The second kappa shape index (κ2) is 6.83. The minimum atomic E-state index is -0.531. The molecule has 0 unspecified atom stereocenters. The highest BCUT2D eigenvalue weighted by atomic mass is 79.9. The number of carbonyl (C=O) groups excluding carboxylic acids is 1. The van der Waals surface area contributed by atoms with Gasteiger partial charge in [-0.1, -0.05) is 33.6 Å². The number of hydrogen-bond donors (Lipinski definition) is 1. The van der Waals surface area contributed by atoms with Crippen molar-refractivity contribution in [1.82, 2.24) is 0 Å². The Morgan fingerprint density at radius 1 is 1.33 bits per heavy atom. The Labute approximate surface area is 135 Å². The lowest BCUT2D eigenvalue weighted by Gasteiger charge is -2.13. The molecule has 0 fully saturated rings. The average molecular weight is 371 g/mol. The van der Waals surface area contributed by atoms with Crippen molar-refractivity contribution < 1.29 is 14.3 Å². The molecule has 0 amide bonds. The molecular formula is C15H13BrClNO3. The Morgan fingerprint density at radius 2 is 2.10 bits per heavy atom. The molecule has 0 aliphatic heterocycles. The zero-order valence-electron chi connectivity index (χ0n) is 11.2. The van der Waals surface area contributed by atoms with Gasteiger partial charge in [0.15, 0.2) is 5.75 Å². The van der Waals surface area contributed by atoms with Gasteiger partial charge in [-0.3, -0.25) is 0 Å². The van der Waals surface area contributed by atoms with Crippen LogP contribution in [0.2, 0.25) is 5.02 Å². The largest absolute Gasteiger partial charge is 0.462 e. The first kappa shape index (κ1) is 15.7. The molecule has 0 radical (unpaired) electrons. The number of halogens is 2. The van der Waals surface area contributed by atoms with E-state index in [0.29, 0.717) is 11.4 Å². The number of carbonyl (C=O) groups is 1. The highest BCUT2D eigenvalue weighted by Gasteiger charge is 2.19. The van der Waals surface area contributed by atoms with Crippen molar-refractivity contribution in [2.24, 2.45) is 0 Å². The van der Waals surface area contributed by atoms with Crippen molar-refractivity contribution in [3.63, 3.8) is 0 Å². The predicted octanol–water partition coefficient (Wildman–Crippen LogP) is 4.65. The second-order valence-corrected chi connectivity index (χ2v) is 5.48. The molecule has 0 aliphatic rings. The molecule has 2 aromatic rings. The van der Waals surface area contributed by atoms with Crippen LogP contribution in [0.5, 0.6) is 11.5 Å². The minimum Gasteiger partial charge on any atom is -0.462 e. The standard InChI is InChI=1S/C15H13BrClNO3/c1-2-20-15(19)12-7-10(18)8-13(17)14(12)21-11-5-3-4-9(16)6-11/h3-8H,2,18H2,1H3. The van der Waals surface area contributed by atoms with E-state index in [0.717, 1.165) is 4.47 Å². The molecule has 21 heavy (non-hydrogen) atoms. The van der Waals surface area contributed by atoms with Crippen LogP contribution in [0.3, 0.4) is 0 Å². The normalized spacial score (nSPS) is 10.2. The Morgan fingerprint density at radius 3 is 2.76 bits per heavy atom. The lowest BCUT2D eigenvalue weighted by molar-refractivity contribution is 0.0523. The summed E-state index contributed by atoms with van der Waals surface area (Å²) in [4.78, 5) is 12.0. The Balaban J connectivity index is 2.44. The molecule has 0 spiro atoms. The maximum atomic E-state index is 12.0. The van der Waals surface area contributed by atoms with Crippen LogP contribution in [0.4, 0.5) is 5.69 Å². The van der Waals surface area contributed by atoms with Crippen molar-refractivity contribution in [2.45, 2.75) is 6.92 Å². The van der Waals surface area contributed by atoms with Gasteiger partial charge in [-0.2, -0.15) is 0 Å². The Hall–Kier alpha value is -1.72. The number of ether oxygens (including phenoxy) is 2. The third-order valence-corrected chi connectivity index (χ3v) is 3.35. The summed E-state index contributed by atoms with van der Waals surface area (Å²) in [6, 6.07) is 10.2. The zero-order valence-corrected chi connectivity index (χ0v) is 13.6. The van der Waals surface area contributed by atoms with E-state index in [9.17, 15) is 4.79 Å². The number of benzene rings is 2. The molecule has 0 aliphatic carbocycles. The third-order valence-electron chi connectivity index (χ3n) is 2.58. The van der Waals surface area contributed by atoms with Gasteiger partial charge in [-0.05, 0) is 37.3 Å². The van der Waals surface area contributed by atoms with E-state index in [4.69, 9.17) is 26.8 Å². The van der Waals surface area contributed by atoms with Crippen LogP contribution >= 0.6 is 27.5 Å². The number of nitrogens with two attached hydrogens (primary N) is 1. The number of rotatable bonds is 4. The molecule has 2 rings (SSSR count). The van der Waals surface area contributed by atoms with Gasteiger partial charge >= 0.3 is 5.97 Å². The lowest BCUT2D eigenvalue weighted by Crippen LogP contribution is -2.07. The van der Waals surface area contributed by atoms with Crippen molar-refractivity contribution >= 4 is 39.2 Å². The summed E-state index contributed by atoms with van der Waals surface area (Å²) in [7, 11) is 0. The van der Waals surface area contributed by atoms with E-state index >= 15 is 0 Å². The number of anilines is 1. The third kappa shape index (κ3) is 3.89. The van der Waals surface area contributed by atoms with Crippen LogP contribution in [0.1, 0.15) is 17.3 Å². The topological polar surface area (TPSA) is 61.5 Å². The van der Waals surface area contributed by atoms with Crippen LogP contribution in [0, 0.1) is 0 Å². The van der Waals surface area contributed by atoms with Crippen LogP contribution < -0.4 is 10.5 Å². The van der Waals surface area contributed by atoms with E-state index in [1.807, 2.05) is 12.1 Å². The van der Waals surface area contributed by atoms with Gasteiger partial charge in [0.2, 0.25) is 0 Å². The maximum Gasteiger partial charge on any atom is 0.342 e. The molecule has 0 saturated heterocycles. The molecule has 0 bridgehead atoms. The minimum absolute atomic E-state index is 0.196. The summed E-state index contributed by atoms with van der Waals surface area (Å²) >= 11 is 9.50. The zero-order chi connectivity index (χ0) is 15.4. The molecule has 6 heteroatoms. The van der Waals surface area contributed by atoms with Gasteiger partial charge in [0, 0.05) is 10.2 Å². The Kier molecular flexibility index (Phi) is 5.09. The van der Waals surface area contributed by atoms with Crippen molar-refractivity contribution in [2.75, 3.05) is 12.3 Å². The molecule has 110 valence electrons.